The molecule has 0 N–H and O–H groups in total. The lowest BCUT2D eigenvalue weighted by Gasteiger charge is -2.32. The van der Waals surface area contributed by atoms with Crippen LogP contribution < -0.4 is 4.74 Å². The van der Waals surface area contributed by atoms with E-state index in [1.807, 2.05) is 6.92 Å². The highest BCUT2D eigenvalue weighted by Gasteiger charge is 2.43. The highest BCUT2D eigenvalue weighted by Crippen LogP contribution is 2.42. The van der Waals surface area contributed by atoms with E-state index < -0.39 is 41.0 Å². The van der Waals surface area contributed by atoms with E-state index in [-0.39, 0.29) is 30.2 Å². The second kappa shape index (κ2) is 12.0. The van der Waals surface area contributed by atoms with E-state index >= 15 is 0 Å². The Hall–Kier alpha value is -2.44. The molecule has 0 heterocycles. The van der Waals surface area contributed by atoms with E-state index in [2.05, 4.69) is 12.2 Å². The summed E-state index contributed by atoms with van der Waals surface area (Å²) in [5, 5.41) is 0. The zero-order valence-electron chi connectivity index (χ0n) is 21.1. The molecule has 0 bridgehead atoms. The first-order valence-corrected chi connectivity index (χ1v) is 13.3. The fourth-order valence-corrected chi connectivity index (χ4v) is 5.80. The summed E-state index contributed by atoms with van der Waals surface area (Å²) in [4.78, 5) is 0. The first kappa shape index (κ1) is 27.6. The maximum Gasteiger partial charge on any atom is 0.400 e. The first-order valence-electron chi connectivity index (χ1n) is 13.3. The summed E-state index contributed by atoms with van der Waals surface area (Å²) in [5.74, 6) is -4.21. The maximum atomic E-state index is 14.6. The third-order valence-corrected chi connectivity index (χ3v) is 7.91. The Morgan fingerprint density at radius 2 is 1.32 bits per heavy atom. The minimum atomic E-state index is -3.46. The molecule has 202 valence electrons. The van der Waals surface area contributed by atoms with Gasteiger partial charge in [-0.1, -0.05) is 25.5 Å². The number of ether oxygens (including phenoxy) is 1. The van der Waals surface area contributed by atoms with E-state index in [1.54, 1.807) is 0 Å². The van der Waals surface area contributed by atoms with Crippen molar-refractivity contribution in [1.29, 1.82) is 0 Å². The molecule has 0 spiro atoms. The van der Waals surface area contributed by atoms with Gasteiger partial charge in [0.05, 0.1) is 5.92 Å². The molecule has 0 aromatic heterocycles. The van der Waals surface area contributed by atoms with Gasteiger partial charge in [-0.25, -0.2) is 17.6 Å². The Morgan fingerprint density at radius 1 is 0.757 bits per heavy atom. The van der Waals surface area contributed by atoms with Crippen LogP contribution in [0.1, 0.15) is 81.8 Å². The monoisotopic (exact) mass is 524 g/mol. The average Bonchev–Trinajstić information content (AvgIpc) is 2.86. The molecule has 0 unspecified atom stereocenters. The van der Waals surface area contributed by atoms with Crippen LogP contribution >= 0.6 is 0 Å². The molecule has 2 aromatic carbocycles. The Bertz CT molecular complexity index is 1060. The van der Waals surface area contributed by atoms with Crippen LogP contribution in [0.5, 0.6) is 5.75 Å². The normalized spacial score (nSPS) is 24.9. The molecule has 7 heteroatoms. The minimum absolute atomic E-state index is 0.118. The summed E-state index contributed by atoms with van der Waals surface area (Å²) >= 11 is 0. The quantitative estimate of drug-likeness (QED) is 0.247. The van der Waals surface area contributed by atoms with Gasteiger partial charge in [-0.3, -0.25) is 0 Å². The molecule has 0 amide bonds. The molecular formula is C30H34F6O. The van der Waals surface area contributed by atoms with Gasteiger partial charge in [0.2, 0.25) is 0 Å². The van der Waals surface area contributed by atoms with Crippen molar-refractivity contribution in [1.82, 2.24) is 0 Å². The number of rotatable bonds is 8. The molecule has 2 fully saturated rings. The Labute approximate surface area is 214 Å². The highest BCUT2D eigenvalue weighted by atomic mass is 19.3. The van der Waals surface area contributed by atoms with Crippen molar-refractivity contribution in [2.45, 2.75) is 83.2 Å². The van der Waals surface area contributed by atoms with Gasteiger partial charge in [-0.2, -0.15) is 8.78 Å². The van der Waals surface area contributed by atoms with Crippen LogP contribution in [0.4, 0.5) is 26.3 Å². The molecule has 4 rings (SSSR count). The topological polar surface area (TPSA) is 9.23 Å². The van der Waals surface area contributed by atoms with Crippen molar-refractivity contribution in [3.05, 3.63) is 76.9 Å². The predicted molar refractivity (Wildman–Crippen MR) is 132 cm³/mol. The van der Waals surface area contributed by atoms with Crippen molar-refractivity contribution >= 4 is 0 Å². The van der Waals surface area contributed by atoms with E-state index in [4.69, 9.17) is 4.74 Å². The molecule has 2 aliphatic rings. The van der Waals surface area contributed by atoms with Crippen molar-refractivity contribution in [2.75, 3.05) is 0 Å². The van der Waals surface area contributed by atoms with E-state index in [1.165, 1.54) is 12.1 Å². The smallest absolute Gasteiger partial charge is 0.400 e. The second-order valence-corrected chi connectivity index (χ2v) is 10.6. The zero-order valence-corrected chi connectivity index (χ0v) is 21.1. The van der Waals surface area contributed by atoms with Crippen molar-refractivity contribution in [3.8, 4) is 5.75 Å². The molecule has 1 nitrogen and oxygen atoms in total. The molecule has 2 aliphatic carbocycles. The van der Waals surface area contributed by atoms with Gasteiger partial charge >= 0.3 is 6.11 Å². The first-order chi connectivity index (χ1) is 17.7. The predicted octanol–water partition coefficient (Wildman–Crippen LogP) is 9.50. The number of halogens is 6. The third kappa shape index (κ3) is 6.91. The summed E-state index contributed by atoms with van der Waals surface area (Å²) in [6, 6.07) is 5.34. The molecular weight excluding hydrogens is 490 g/mol. The summed E-state index contributed by atoms with van der Waals surface area (Å²) in [6.45, 7) is 1.98. The molecule has 0 radical (unpaired) electrons. The third-order valence-electron chi connectivity index (χ3n) is 7.91. The zero-order chi connectivity index (χ0) is 26.6. The average molecular weight is 525 g/mol. The van der Waals surface area contributed by atoms with Crippen LogP contribution in [0.2, 0.25) is 0 Å². The number of hydrogen-bond acceptors (Lipinski definition) is 1. The number of aryl methyl sites for hydroxylation is 1. The number of benzene rings is 2. The molecule has 0 atom stereocenters. The van der Waals surface area contributed by atoms with Crippen molar-refractivity contribution < 1.29 is 31.1 Å². The lowest BCUT2D eigenvalue weighted by atomic mass is 9.76. The minimum Gasteiger partial charge on any atom is -0.432 e. The van der Waals surface area contributed by atoms with Crippen LogP contribution in [0.3, 0.4) is 0 Å². The van der Waals surface area contributed by atoms with Crippen LogP contribution in [0.15, 0.2) is 42.5 Å². The molecule has 0 saturated heterocycles. The Morgan fingerprint density at radius 3 is 1.86 bits per heavy atom. The van der Waals surface area contributed by atoms with Gasteiger partial charge in [0.1, 0.15) is 17.4 Å². The van der Waals surface area contributed by atoms with Crippen LogP contribution in [0.25, 0.3) is 0 Å². The molecule has 0 aliphatic heterocycles. The SMILES string of the molecule is CCCc1cc(F)c(C2CCC(/C=C/C3CCC(C(F)(F)Oc4ccc(F)c(F)c4)CC3)CC2)c(F)c1. The number of hydrogen-bond donors (Lipinski definition) is 0. The maximum absolute atomic E-state index is 14.6. The summed E-state index contributed by atoms with van der Waals surface area (Å²) < 4.78 is 89.6. The molecule has 2 aromatic rings. The lowest BCUT2D eigenvalue weighted by Crippen LogP contribution is -2.37. The van der Waals surface area contributed by atoms with Crippen molar-refractivity contribution in [3.63, 3.8) is 0 Å². The highest BCUT2D eigenvalue weighted by molar-refractivity contribution is 5.30. The molecule has 2 saturated carbocycles. The lowest BCUT2D eigenvalue weighted by molar-refractivity contribution is -0.223. The Balaban J connectivity index is 1.25. The standard InChI is InChI=1S/C30H34F6O/c1-2-3-21-16-27(33)29(28(34)17-21)22-10-6-19(7-11-22)4-5-20-8-12-23(13-9-20)30(35,36)37-24-14-15-25(31)26(32)18-24/h4-5,14-20,22-23H,2-3,6-13H2,1H3/b5-4+. The number of allylic oxidation sites excluding steroid dienone is 2. The van der Waals surface area contributed by atoms with Crippen LogP contribution in [-0.4, -0.2) is 6.11 Å². The van der Waals surface area contributed by atoms with E-state index in [0.29, 0.717) is 36.8 Å². The largest absolute Gasteiger partial charge is 0.432 e. The van der Waals surface area contributed by atoms with Gasteiger partial charge in [0, 0.05) is 11.6 Å². The van der Waals surface area contributed by atoms with Crippen molar-refractivity contribution in [2.24, 2.45) is 17.8 Å². The van der Waals surface area contributed by atoms with Crippen LogP contribution in [-0.2, 0) is 6.42 Å². The fraction of sp³-hybridized carbons (Fsp3) is 0.533. The summed E-state index contributed by atoms with van der Waals surface area (Å²) in [7, 11) is 0. The summed E-state index contributed by atoms with van der Waals surface area (Å²) in [5.41, 5.74) is 0.911. The number of alkyl halides is 2. The van der Waals surface area contributed by atoms with E-state index in [9.17, 15) is 26.3 Å². The van der Waals surface area contributed by atoms with Gasteiger partial charge < -0.3 is 4.74 Å². The molecule has 37 heavy (non-hydrogen) atoms. The van der Waals surface area contributed by atoms with Crippen LogP contribution in [0, 0.1) is 41.0 Å². The summed E-state index contributed by atoms with van der Waals surface area (Å²) in [6.07, 6.45) is 7.13. The fourth-order valence-electron chi connectivity index (χ4n) is 5.80. The van der Waals surface area contributed by atoms with Gasteiger partial charge in [0.25, 0.3) is 0 Å². The van der Waals surface area contributed by atoms with E-state index in [0.717, 1.165) is 44.2 Å². The second-order valence-electron chi connectivity index (χ2n) is 10.6. The van der Waals surface area contributed by atoms with Gasteiger partial charge in [-0.15, -0.1) is 0 Å². The Kier molecular flexibility index (Phi) is 8.91. The van der Waals surface area contributed by atoms with Gasteiger partial charge in [-0.05, 0) is 105 Å². The van der Waals surface area contributed by atoms with Gasteiger partial charge in [0.15, 0.2) is 11.6 Å².